The number of Topliss-reactive ketones (excluding diaryl/α,β-unsaturated/α-hetero) is 1. The van der Waals surface area contributed by atoms with Crippen LogP contribution in [0.1, 0.15) is 44.3 Å². The van der Waals surface area contributed by atoms with Gasteiger partial charge < -0.3 is 4.52 Å². The molecule has 3 nitrogen and oxygen atoms in total. The standard InChI is InChI=1S/C14H19NO2/c16-13(9-14-5-6-15-17-14)8-12-7-10-1-3-11(12)4-2-10/h5-6,10-12H,1-4,7-9H2. The van der Waals surface area contributed by atoms with E-state index in [0.29, 0.717) is 23.9 Å². The van der Waals surface area contributed by atoms with Gasteiger partial charge in [0.1, 0.15) is 11.5 Å². The van der Waals surface area contributed by atoms with Crippen molar-refractivity contribution in [3.05, 3.63) is 18.0 Å². The minimum atomic E-state index is 0.319. The minimum Gasteiger partial charge on any atom is -0.361 e. The lowest BCUT2D eigenvalue weighted by Gasteiger charge is -2.42. The zero-order valence-corrected chi connectivity index (χ0v) is 10.1. The van der Waals surface area contributed by atoms with E-state index in [1.165, 1.54) is 32.1 Å². The molecule has 0 N–H and O–H groups in total. The summed E-state index contributed by atoms with van der Waals surface area (Å²) in [6.07, 6.45) is 9.57. The average Bonchev–Trinajstić information content (AvgIpc) is 2.83. The molecule has 0 aliphatic heterocycles. The van der Waals surface area contributed by atoms with E-state index in [4.69, 9.17) is 4.52 Å². The zero-order chi connectivity index (χ0) is 11.7. The summed E-state index contributed by atoms with van der Waals surface area (Å²) in [6, 6.07) is 1.78. The van der Waals surface area contributed by atoms with Gasteiger partial charge in [-0.15, -0.1) is 0 Å². The molecule has 0 spiro atoms. The molecule has 1 aromatic heterocycles. The summed E-state index contributed by atoms with van der Waals surface area (Å²) >= 11 is 0. The molecule has 4 rings (SSSR count). The third kappa shape index (κ3) is 2.43. The lowest BCUT2D eigenvalue weighted by Crippen LogP contribution is -2.32. The SMILES string of the molecule is O=C(Cc1ccno1)CC1CC2CCC1CC2. The maximum absolute atomic E-state index is 12.0. The van der Waals surface area contributed by atoms with Gasteiger partial charge in [0.15, 0.2) is 0 Å². The molecule has 1 heterocycles. The number of carbonyl (C=O) groups is 1. The van der Waals surface area contributed by atoms with Crippen molar-refractivity contribution in [2.45, 2.75) is 44.9 Å². The molecule has 0 radical (unpaired) electrons. The van der Waals surface area contributed by atoms with Crippen molar-refractivity contribution in [2.24, 2.45) is 17.8 Å². The van der Waals surface area contributed by atoms with E-state index in [9.17, 15) is 4.79 Å². The molecule has 1 aromatic rings. The third-order valence-electron chi connectivity index (χ3n) is 4.55. The second kappa shape index (κ2) is 4.63. The van der Waals surface area contributed by atoms with E-state index in [1.807, 2.05) is 0 Å². The van der Waals surface area contributed by atoms with Crippen molar-refractivity contribution in [1.29, 1.82) is 0 Å². The predicted molar refractivity (Wildman–Crippen MR) is 63.4 cm³/mol. The lowest BCUT2D eigenvalue weighted by atomic mass is 9.63. The van der Waals surface area contributed by atoms with Crippen LogP contribution < -0.4 is 0 Å². The van der Waals surface area contributed by atoms with E-state index in [2.05, 4.69) is 5.16 Å². The fourth-order valence-electron chi connectivity index (χ4n) is 3.66. The number of aromatic nitrogens is 1. The summed E-state index contributed by atoms with van der Waals surface area (Å²) in [4.78, 5) is 12.0. The molecule has 17 heavy (non-hydrogen) atoms. The highest BCUT2D eigenvalue weighted by molar-refractivity contribution is 5.80. The van der Waals surface area contributed by atoms with Crippen LogP contribution in [0.15, 0.2) is 16.8 Å². The van der Waals surface area contributed by atoms with Crippen LogP contribution in [-0.2, 0) is 11.2 Å². The monoisotopic (exact) mass is 233 g/mol. The van der Waals surface area contributed by atoms with Crippen molar-refractivity contribution in [1.82, 2.24) is 5.16 Å². The van der Waals surface area contributed by atoms with Crippen molar-refractivity contribution in [2.75, 3.05) is 0 Å². The highest BCUT2D eigenvalue weighted by Gasteiger charge is 2.36. The quantitative estimate of drug-likeness (QED) is 0.803. The van der Waals surface area contributed by atoms with Crippen LogP contribution in [0.5, 0.6) is 0 Å². The molecule has 3 fully saturated rings. The molecule has 3 saturated carbocycles. The van der Waals surface area contributed by atoms with Gasteiger partial charge in [-0.05, 0) is 37.0 Å². The van der Waals surface area contributed by atoms with Crippen LogP contribution in [0.2, 0.25) is 0 Å². The zero-order valence-electron chi connectivity index (χ0n) is 10.1. The number of fused-ring (bicyclic) bond motifs is 3. The molecule has 1 atom stereocenters. The van der Waals surface area contributed by atoms with Crippen LogP contribution in [0.3, 0.4) is 0 Å². The Labute approximate surface area is 102 Å². The summed E-state index contributed by atoms with van der Waals surface area (Å²) in [7, 11) is 0. The van der Waals surface area contributed by atoms with Crippen molar-refractivity contribution in [3.8, 4) is 0 Å². The molecular formula is C14H19NO2. The number of rotatable bonds is 4. The Morgan fingerprint density at radius 1 is 1.35 bits per heavy atom. The predicted octanol–water partition coefficient (Wildman–Crippen LogP) is 3.00. The van der Waals surface area contributed by atoms with Gasteiger partial charge in [-0.3, -0.25) is 4.79 Å². The van der Waals surface area contributed by atoms with Crippen molar-refractivity contribution >= 4 is 5.78 Å². The van der Waals surface area contributed by atoms with Gasteiger partial charge in [0.05, 0.1) is 12.6 Å². The molecule has 3 heteroatoms. The van der Waals surface area contributed by atoms with E-state index in [-0.39, 0.29) is 0 Å². The summed E-state index contributed by atoms with van der Waals surface area (Å²) in [5.74, 6) is 3.40. The highest BCUT2D eigenvalue weighted by Crippen LogP contribution is 2.46. The van der Waals surface area contributed by atoms with Crippen LogP contribution in [0.25, 0.3) is 0 Å². The van der Waals surface area contributed by atoms with Crippen molar-refractivity contribution < 1.29 is 9.32 Å². The largest absolute Gasteiger partial charge is 0.361 e. The molecule has 0 saturated heterocycles. The molecule has 0 aromatic carbocycles. The maximum Gasteiger partial charge on any atom is 0.144 e. The molecule has 3 aliphatic carbocycles. The summed E-state index contributed by atoms with van der Waals surface area (Å²) in [5.41, 5.74) is 0. The van der Waals surface area contributed by atoms with Gasteiger partial charge in [-0.2, -0.15) is 0 Å². The molecule has 2 bridgehead atoms. The summed E-state index contributed by atoms with van der Waals surface area (Å²) < 4.78 is 4.98. The van der Waals surface area contributed by atoms with Crippen LogP contribution in [-0.4, -0.2) is 10.9 Å². The van der Waals surface area contributed by atoms with E-state index in [1.54, 1.807) is 12.3 Å². The minimum absolute atomic E-state index is 0.319. The summed E-state index contributed by atoms with van der Waals surface area (Å²) in [6.45, 7) is 0. The van der Waals surface area contributed by atoms with E-state index < -0.39 is 0 Å². The van der Waals surface area contributed by atoms with Crippen LogP contribution >= 0.6 is 0 Å². The molecule has 3 aliphatic rings. The number of hydrogen-bond acceptors (Lipinski definition) is 3. The smallest absolute Gasteiger partial charge is 0.144 e. The highest BCUT2D eigenvalue weighted by atomic mass is 16.5. The molecule has 0 amide bonds. The van der Waals surface area contributed by atoms with Crippen molar-refractivity contribution in [3.63, 3.8) is 0 Å². The topological polar surface area (TPSA) is 43.1 Å². The fourth-order valence-corrected chi connectivity index (χ4v) is 3.66. The average molecular weight is 233 g/mol. The van der Waals surface area contributed by atoms with Gasteiger partial charge in [-0.1, -0.05) is 18.0 Å². The first-order valence-electron chi connectivity index (χ1n) is 6.72. The summed E-state index contributed by atoms with van der Waals surface area (Å²) in [5, 5.41) is 3.63. The number of carbonyl (C=O) groups excluding carboxylic acids is 1. The number of hydrogen-bond donors (Lipinski definition) is 0. The number of nitrogens with zero attached hydrogens (tertiary/aromatic N) is 1. The lowest BCUT2D eigenvalue weighted by molar-refractivity contribution is -0.120. The maximum atomic E-state index is 12.0. The number of ketones is 1. The Hall–Kier alpha value is -1.12. The van der Waals surface area contributed by atoms with E-state index >= 15 is 0 Å². The molecule has 1 unspecified atom stereocenters. The first kappa shape index (κ1) is 11.0. The second-order valence-corrected chi connectivity index (χ2v) is 5.67. The van der Waals surface area contributed by atoms with Crippen LogP contribution in [0, 0.1) is 17.8 Å². The first-order valence-corrected chi connectivity index (χ1v) is 6.72. The second-order valence-electron chi connectivity index (χ2n) is 5.67. The van der Waals surface area contributed by atoms with Gasteiger partial charge in [-0.25, -0.2) is 0 Å². The Morgan fingerprint density at radius 3 is 2.76 bits per heavy atom. The molecular weight excluding hydrogens is 214 g/mol. The third-order valence-corrected chi connectivity index (χ3v) is 4.55. The Kier molecular flexibility index (Phi) is 3.00. The van der Waals surface area contributed by atoms with Gasteiger partial charge >= 0.3 is 0 Å². The van der Waals surface area contributed by atoms with Gasteiger partial charge in [0.2, 0.25) is 0 Å². The Balaban J connectivity index is 1.55. The molecule has 92 valence electrons. The van der Waals surface area contributed by atoms with E-state index in [0.717, 1.165) is 18.3 Å². The normalized spacial score (nSPS) is 31.6. The Bertz CT molecular complexity index is 377. The first-order chi connectivity index (χ1) is 8.31. The van der Waals surface area contributed by atoms with Gasteiger partial charge in [0, 0.05) is 12.5 Å². The van der Waals surface area contributed by atoms with Crippen LogP contribution in [0.4, 0.5) is 0 Å². The fraction of sp³-hybridized carbons (Fsp3) is 0.714. The Morgan fingerprint density at radius 2 is 2.18 bits per heavy atom. The van der Waals surface area contributed by atoms with Gasteiger partial charge in [0.25, 0.3) is 0 Å².